The van der Waals surface area contributed by atoms with E-state index < -0.39 is 0 Å². The Morgan fingerprint density at radius 1 is 1.14 bits per heavy atom. The van der Waals surface area contributed by atoms with Crippen molar-refractivity contribution in [3.63, 3.8) is 0 Å². The Balaban J connectivity index is 1.76. The Morgan fingerprint density at radius 3 is 2.61 bits per heavy atom. The fourth-order valence-corrected chi connectivity index (χ4v) is 4.50. The first-order chi connectivity index (χ1) is 13.5. The van der Waals surface area contributed by atoms with Crippen LogP contribution < -0.4 is 10.1 Å². The third-order valence-corrected chi connectivity index (χ3v) is 6.29. The molecule has 3 rings (SSSR count). The van der Waals surface area contributed by atoms with Crippen LogP contribution in [0.1, 0.15) is 50.7 Å². The molecule has 0 spiro atoms. The van der Waals surface area contributed by atoms with Gasteiger partial charge >= 0.3 is 0 Å². The molecule has 0 unspecified atom stereocenters. The van der Waals surface area contributed by atoms with Crippen LogP contribution in [0.2, 0.25) is 0 Å². The van der Waals surface area contributed by atoms with Gasteiger partial charge in [-0.3, -0.25) is 0 Å². The summed E-state index contributed by atoms with van der Waals surface area (Å²) in [4.78, 5) is 0. The van der Waals surface area contributed by atoms with E-state index in [4.69, 9.17) is 9.47 Å². The molecule has 1 aliphatic heterocycles. The summed E-state index contributed by atoms with van der Waals surface area (Å²) in [5.74, 6) is 0.793. The van der Waals surface area contributed by atoms with Gasteiger partial charge in [0.1, 0.15) is 18.1 Å². The molecule has 1 fully saturated rings. The highest BCUT2D eigenvalue weighted by atomic mass is 19.1. The van der Waals surface area contributed by atoms with Gasteiger partial charge < -0.3 is 14.8 Å². The molecule has 0 amide bonds. The molecule has 4 heteroatoms. The quantitative estimate of drug-likeness (QED) is 0.690. The van der Waals surface area contributed by atoms with E-state index in [1.165, 1.54) is 17.7 Å². The molecular formula is C24H33FNO2+. The molecule has 0 saturated carbocycles. The summed E-state index contributed by atoms with van der Waals surface area (Å²) in [6.07, 6.45) is 4.07. The van der Waals surface area contributed by atoms with Crippen LogP contribution >= 0.6 is 0 Å². The van der Waals surface area contributed by atoms with Crippen LogP contribution in [0, 0.1) is 5.82 Å². The second-order valence-corrected chi connectivity index (χ2v) is 8.22. The molecule has 152 valence electrons. The maximum Gasteiger partial charge on any atom is 0.123 e. The number of para-hydroxylation sites is 1. The maximum atomic E-state index is 13.1. The van der Waals surface area contributed by atoms with E-state index in [-0.39, 0.29) is 16.8 Å². The first-order valence-electron chi connectivity index (χ1n) is 10.3. The van der Waals surface area contributed by atoms with Crippen LogP contribution in [0.3, 0.4) is 0 Å². The first kappa shape index (κ1) is 20.8. The molecule has 28 heavy (non-hydrogen) atoms. The van der Waals surface area contributed by atoms with Crippen molar-refractivity contribution >= 4 is 0 Å². The summed E-state index contributed by atoms with van der Waals surface area (Å²) in [5, 5.41) is 2.32. The van der Waals surface area contributed by atoms with Crippen molar-refractivity contribution in [2.75, 3.05) is 20.3 Å². The van der Waals surface area contributed by atoms with Gasteiger partial charge in [0.05, 0.1) is 19.3 Å². The van der Waals surface area contributed by atoms with Gasteiger partial charge in [-0.1, -0.05) is 37.3 Å². The Bertz CT molecular complexity index is 763. The molecule has 1 aliphatic rings. The third-order valence-electron chi connectivity index (χ3n) is 6.29. The van der Waals surface area contributed by atoms with E-state index in [9.17, 15) is 4.39 Å². The van der Waals surface area contributed by atoms with Crippen molar-refractivity contribution in [2.24, 2.45) is 0 Å². The fraction of sp³-hybridized carbons (Fsp3) is 0.500. The maximum absolute atomic E-state index is 13.1. The molecule has 0 aromatic heterocycles. The molecule has 2 N–H and O–H groups in total. The third kappa shape index (κ3) is 4.73. The normalized spacial score (nSPS) is 24.9. The molecular weight excluding hydrogens is 353 g/mol. The highest BCUT2D eigenvalue weighted by Gasteiger charge is 2.44. The van der Waals surface area contributed by atoms with Gasteiger partial charge in [-0.25, -0.2) is 4.39 Å². The monoisotopic (exact) mass is 386 g/mol. The zero-order valence-electron chi connectivity index (χ0n) is 17.3. The zero-order valence-corrected chi connectivity index (χ0v) is 17.3. The minimum atomic E-state index is -0.181. The van der Waals surface area contributed by atoms with Crippen LogP contribution in [0.5, 0.6) is 5.75 Å². The number of hydrogen-bond acceptors (Lipinski definition) is 2. The lowest BCUT2D eigenvalue weighted by molar-refractivity contribution is -0.672. The van der Waals surface area contributed by atoms with Crippen molar-refractivity contribution in [1.29, 1.82) is 0 Å². The van der Waals surface area contributed by atoms with E-state index >= 15 is 0 Å². The lowest BCUT2D eigenvalue weighted by Gasteiger charge is -2.46. The largest absolute Gasteiger partial charge is 0.496 e. The second kappa shape index (κ2) is 9.06. The van der Waals surface area contributed by atoms with E-state index in [0.717, 1.165) is 56.7 Å². The fourth-order valence-electron chi connectivity index (χ4n) is 4.50. The second-order valence-electron chi connectivity index (χ2n) is 8.22. The summed E-state index contributed by atoms with van der Waals surface area (Å²) in [5.41, 5.74) is 2.40. The molecule has 3 nitrogen and oxygen atoms in total. The van der Waals surface area contributed by atoms with Crippen molar-refractivity contribution in [3.8, 4) is 5.75 Å². The zero-order chi connectivity index (χ0) is 20.0. The van der Waals surface area contributed by atoms with Crippen LogP contribution in [-0.2, 0) is 16.7 Å². The first-order valence-corrected chi connectivity index (χ1v) is 10.3. The van der Waals surface area contributed by atoms with Crippen molar-refractivity contribution in [3.05, 3.63) is 65.5 Å². The van der Waals surface area contributed by atoms with Gasteiger partial charge in [0.15, 0.2) is 0 Å². The van der Waals surface area contributed by atoms with Crippen LogP contribution in [0.4, 0.5) is 4.39 Å². The average molecular weight is 387 g/mol. The SMILES string of the molecule is CC[C@@]1(C)C[C@](CC[NH2+]Cc2ccc(F)cc2)(c2ccccc2OC)CCO1. The average Bonchev–Trinajstić information content (AvgIpc) is 2.72. The number of halogens is 1. The molecule has 1 saturated heterocycles. The highest BCUT2D eigenvalue weighted by Crippen LogP contribution is 2.47. The minimum Gasteiger partial charge on any atom is -0.496 e. The van der Waals surface area contributed by atoms with Crippen molar-refractivity contribution < 1.29 is 19.2 Å². The van der Waals surface area contributed by atoms with E-state index in [0.29, 0.717) is 0 Å². The van der Waals surface area contributed by atoms with Crippen LogP contribution in [0.25, 0.3) is 0 Å². The van der Waals surface area contributed by atoms with E-state index in [1.807, 2.05) is 18.2 Å². The minimum absolute atomic E-state index is 0.0505. The molecule has 0 radical (unpaired) electrons. The van der Waals surface area contributed by atoms with Gasteiger partial charge in [-0.2, -0.15) is 0 Å². The number of methoxy groups -OCH3 is 1. The van der Waals surface area contributed by atoms with Gasteiger partial charge in [0.25, 0.3) is 0 Å². The van der Waals surface area contributed by atoms with Gasteiger partial charge in [-0.05, 0) is 44.4 Å². The smallest absolute Gasteiger partial charge is 0.123 e. The Kier molecular flexibility index (Phi) is 6.73. The van der Waals surface area contributed by atoms with Gasteiger partial charge in [-0.15, -0.1) is 0 Å². The van der Waals surface area contributed by atoms with Gasteiger partial charge in [0.2, 0.25) is 0 Å². The molecule has 2 atom stereocenters. The van der Waals surface area contributed by atoms with E-state index in [1.54, 1.807) is 7.11 Å². The summed E-state index contributed by atoms with van der Waals surface area (Å²) in [6, 6.07) is 15.2. The number of benzene rings is 2. The Labute approximate surface area is 168 Å². The molecule has 0 aliphatic carbocycles. The van der Waals surface area contributed by atoms with Crippen molar-refractivity contribution in [2.45, 2.75) is 57.1 Å². The van der Waals surface area contributed by atoms with Gasteiger partial charge in [0, 0.05) is 29.6 Å². The van der Waals surface area contributed by atoms with Crippen LogP contribution in [-0.4, -0.2) is 25.9 Å². The summed E-state index contributed by atoms with van der Waals surface area (Å²) in [7, 11) is 1.76. The topological polar surface area (TPSA) is 35.1 Å². The lowest BCUT2D eigenvalue weighted by Crippen LogP contribution is -2.83. The number of ether oxygens (including phenoxy) is 2. The number of rotatable bonds is 8. The predicted octanol–water partition coefficient (Wildman–Crippen LogP) is 4.20. The summed E-state index contributed by atoms with van der Waals surface area (Å²) < 4.78 is 25.0. The highest BCUT2D eigenvalue weighted by molar-refractivity contribution is 5.40. The summed E-state index contributed by atoms with van der Waals surface area (Å²) in [6.45, 7) is 7.09. The van der Waals surface area contributed by atoms with Crippen LogP contribution in [0.15, 0.2) is 48.5 Å². The lowest BCUT2D eigenvalue weighted by atomic mass is 9.66. The standard InChI is InChI=1S/C24H32FNO2/c1-4-23(2)18-24(14-16-28-23,21-7-5-6-8-22(21)27-3)13-15-26-17-19-9-11-20(25)12-10-19/h5-12,26H,4,13-18H2,1-3H3/p+1/t23-,24+/m0/s1. The molecule has 0 bridgehead atoms. The summed E-state index contributed by atoms with van der Waals surface area (Å²) >= 11 is 0. The molecule has 2 aromatic rings. The Morgan fingerprint density at radius 2 is 1.89 bits per heavy atom. The molecule has 2 aromatic carbocycles. The number of quaternary nitrogens is 1. The molecule has 1 heterocycles. The predicted molar refractivity (Wildman–Crippen MR) is 110 cm³/mol. The van der Waals surface area contributed by atoms with Crippen molar-refractivity contribution in [1.82, 2.24) is 0 Å². The Hall–Kier alpha value is -1.91. The number of nitrogens with two attached hydrogens (primary N) is 1. The van der Waals surface area contributed by atoms with E-state index in [2.05, 4.69) is 37.4 Å². The number of hydrogen-bond donors (Lipinski definition) is 1.